The van der Waals surface area contributed by atoms with Gasteiger partial charge >= 0.3 is 0 Å². The number of aliphatic hydroxyl groups is 5. The molecule has 4 atom stereocenters. The molecule has 0 heterocycles. The lowest BCUT2D eigenvalue weighted by molar-refractivity contribution is -0.117. The molecule has 5 N–H and O–H groups in total. The molecule has 1 aromatic carbocycles. The molecule has 0 bridgehead atoms. The first-order valence-electron chi connectivity index (χ1n) is 6.93. The topological polar surface area (TPSA) is 121 Å². The van der Waals surface area contributed by atoms with Crippen LogP contribution in [0.25, 0.3) is 0 Å². The van der Waals surface area contributed by atoms with E-state index in [2.05, 4.69) is 0 Å². The number of hydrogen-bond donors (Lipinski definition) is 5. The van der Waals surface area contributed by atoms with E-state index in [-0.39, 0.29) is 12.5 Å². The molecule has 1 amide bonds. The van der Waals surface area contributed by atoms with Crippen molar-refractivity contribution in [2.24, 2.45) is 0 Å². The van der Waals surface area contributed by atoms with E-state index in [1.807, 2.05) is 6.92 Å². The zero-order chi connectivity index (χ0) is 16.9. The maximum atomic E-state index is 12.2. The largest absolute Gasteiger partial charge is 0.394 e. The van der Waals surface area contributed by atoms with Crippen LogP contribution in [0.2, 0.25) is 0 Å². The van der Waals surface area contributed by atoms with Gasteiger partial charge in [-0.15, -0.1) is 0 Å². The lowest BCUT2D eigenvalue weighted by Crippen LogP contribution is -2.49. The Balaban J connectivity index is 2.64. The number of likely N-dealkylation sites (N-methyl/N-ethyl adjacent to an activating group) is 1. The van der Waals surface area contributed by atoms with Crippen molar-refractivity contribution in [1.82, 2.24) is 4.90 Å². The van der Waals surface area contributed by atoms with Gasteiger partial charge in [0.25, 0.3) is 5.91 Å². The van der Waals surface area contributed by atoms with E-state index in [1.165, 1.54) is 11.9 Å². The van der Waals surface area contributed by atoms with Crippen molar-refractivity contribution in [3.63, 3.8) is 0 Å². The first-order valence-corrected chi connectivity index (χ1v) is 6.93. The fourth-order valence-corrected chi connectivity index (χ4v) is 1.95. The Hall–Kier alpha value is -1.51. The number of rotatable bonds is 7. The molecule has 1 rings (SSSR count). The smallest absolute Gasteiger partial charge is 0.253 e. The number of aryl methyl sites for hydroxylation is 1. The standard InChI is InChI=1S/C15H23NO6/c1-9-3-5-10(6-4-9)15(22)16(2)7-11(18)13(20)14(21)12(19)8-17/h3-6,11-14,17-21H,7-8H2,1-2H3. The molecule has 0 saturated carbocycles. The first-order chi connectivity index (χ1) is 10.3. The summed E-state index contributed by atoms with van der Waals surface area (Å²) in [5, 5.41) is 47.0. The highest BCUT2D eigenvalue weighted by atomic mass is 16.4. The summed E-state index contributed by atoms with van der Waals surface area (Å²) in [6, 6.07) is 6.88. The molecule has 0 aliphatic heterocycles. The van der Waals surface area contributed by atoms with Gasteiger partial charge in [-0.3, -0.25) is 4.79 Å². The Kier molecular flexibility index (Phi) is 6.92. The van der Waals surface area contributed by atoms with Crippen molar-refractivity contribution in [2.75, 3.05) is 20.2 Å². The molecule has 0 aliphatic rings. The molecule has 124 valence electrons. The van der Waals surface area contributed by atoms with E-state index in [9.17, 15) is 25.2 Å². The maximum absolute atomic E-state index is 12.2. The van der Waals surface area contributed by atoms with E-state index in [1.54, 1.807) is 24.3 Å². The number of carbonyl (C=O) groups is 1. The third-order valence-electron chi connectivity index (χ3n) is 3.43. The van der Waals surface area contributed by atoms with Gasteiger partial charge in [-0.25, -0.2) is 0 Å². The minimum absolute atomic E-state index is 0.233. The van der Waals surface area contributed by atoms with Crippen molar-refractivity contribution >= 4 is 5.91 Å². The van der Waals surface area contributed by atoms with Crippen LogP contribution in [0.3, 0.4) is 0 Å². The number of nitrogens with zero attached hydrogens (tertiary/aromatic N) is 1. The minimum Gasteiger partial charge on any atom is -0.394 e. The molecule has 1 aromatic rings. The van der Waals surface area contributed by atoms with E-state index in [0.29, 0.717) is 5.56 Å². The predicted molar refractivity (Wildman–Crippen MR) is 79.3 cm³/mol. The molecule has 0 fully saturated rings. The highest BCUT2D eigenvalue weighted by Gasteiger charge is 2.31. The zero-order valence-corrected chi connectivity index (χ0v) is 12.6. The fourth-order valence-electron chi connectivity index (χ4n) is 1.95. The SMILES string of the molecule is Cc1ccc(C(=O)N(C)CC(O)C(O)C(O)C(O)CO)cc1. The summed E-state index contributed by atoms with van der Waals surface area (Å²) in [4.78, 5) is 13.4. The van der Waals surface area contributed by atoms with E-state index >= 15 is 0 Å². The molecule has 0 saturated heterocycles. The summed E-state index contributed by atoms with van der Waals surface area (Å²) in [6.45, 7) is 0.915. The number of carbonyl (C=O) groups excluding carboxylic acids is 1. The van der Waals surface area contributed by atoms with Gasteiger partial charge < -0.3 is 30.4 Å². The third-order valence-corrected chi connectivity index (χ3v) is 3.43. The number of benzene rings is 1. The lowest BCUT2D eigenvalue weighted by atomic mass is 10.0. The number of hydrogen-bond acceptors (Lipinski definition) is 6. The van der Waals surface area contributed by atoms with Crippen molar-refractivity contribution in [3.05, 3.63) is 35.4 Å². The van der Waals surface area contributed by atoms with Gasteiger partial charge in [0, 0.05) is 19.2 Å². The normalized spacial score (nSPS) is 16.7. The van der Waals surface area contributed by atoms with E-state index in [4.69, 9.17) is 5.11 Å². The molecule has 0 aromatic heterocycles. The van der Waals surface area contributed by atoms with Gasteiger partial charge in [0.05, 0.1) is 6.61 Å². The molecule has 22 heavy (non-hydrogen) atoms. The summed E-state index contributed by atoms with van der Waals surface area (Å²) in [7, 11) is 1.45. The van der Waals surface area contributed by atoms with Crippen LogP contribution in [0.4, 0.5) is 0 Å². The molecule has 0 aliphatic carbocycles. The maximum Gasteiger partial charge on any atom is 0.253 e. The predicted octanol–water partition coefficient (Wildman–Crippen LogP) is -1.50. The summed E-state index contributed by atoms with van der Waals surface area (Å²) in [6.07, 6.45) is -6.42. The number of aliphatic hydroxyl groups excluding tert-OH is 5. The highest BCUT2D eigenvalue weighted by molar-refractivity contribution is 5.94. The summed E-state index contributed by atoms with van der Waals surface area (Å²) >= 11 is 0. The second kappa shape index (κ2) is 8.21. The van der Waals surface area contributed by atoms with E-state index < -0.39 is 31.0 Å². The Bertz CT molecular complexity index is 477. The van der Waals surface area contributed by atoms with Gasteiger partial charge in [-0.2, -0.15) is 0 Å². The zero-order valence-electron chi connectivity index (χ0n) is 12.6. The Morgan fingerprint density at radius 3 is 2.05 bits per heavy atom. The Morgan fingerprint density at radius 1 is 1.05 bits per heavy atom. The minimum atomic E-state index is -1.71. The molecule has 4 unspecified atom stereocenters. The Morgan fingerprint density at radius 2 is 1.55 bits per heavy atom. The summed E-state index contributed by atoms with van der Waals surface area (Å²) < 4.78 is 0. The second-order valence-corrected chi connectivity index (χ2v) is 5.35. The summed E-state index contributed by atoms with van der Waals surface area (Å²) in [5.41, 5.74) is 1.45. The second-order valence-electron chi connectivity index (χ2n) is 5.35. The van der Waals surface area contributed by atoms with E-state index in [0.717, 1.165) is 5.56 Å². The van der Waals surface area contributed by atoms with Crippen LogP contribution in [-0.2, 0) is 0 Å². The van der Waals surface area contributed by atoms with Gasteiger partial charge in [0.2, 0.25) is 0 Å². The van der Waals surface area contributed by atoms with Gasteiger partial charge in [0.1, 0.15) is 24.4 Å². The highest BCUT2D eigenvalue weighted by Crippen LogP contribution is 2.10. The lowest BCUT2D eigenvalue weighted by Gasteiger charge is -2.28. The van der Waals surface area contributed by atoms with Crippen LogP contribution in [0.5, 0.6) is 0 Å². The fraction of sp³-hybridized carbons (Fsp3) is 0.533. The van der Waals surface area contributed by atoms with Crippen LogP contribution in [0.15, 0.2) is 24.3 Å². The molecular formula is C15H23NO6. The average Bonchev–Trinajstić information content (AvgIpc) is 2.52. The quantitative estimate of drug-likeness (QED) is 0.418. The van der Waals surface area contributed by atoms with Gasteiger partial charge in [-0.05, 0) is 19.1 Å². The van der Waals surface area contributed by atoms with Crippen molar-refractivity contribution in [3.8, 4) is 0 Å². The van der Waals surface area contributed by atoms with Gasteiger partial charge in [0.15, 0.2) is 0 Å². The van der Waals surface area contributed by atoms with Crippen LogP contribution in [0.1, 0.15) is 15.9 Å². The van der Waals surface area contributed by atoms with Crippen molar-refractivity contribution in [2.45, 2.75) is 31.3 Å². The average molecular weight is 313 g/mol. The van der Waals surface area contributed by atoms with Crippen LogP contribution in [0, 0.1) is 6.92 Å². The van der Waals surface area contributed by atoms with Crippen LogP contribution >= 0.6 is 0 Å². The molecule has 0 radical (unpaired) electrons. The molecular weight excluding hydrogens is 290 g/mol. The Labute approximate surface area is 129 Å². The summed E-state index contributed by atoms with van der Waals surface area (Å²) in [5.74, 6) is -0.344. The number of amides is 1. The molecule has 0 spiro atoms. The molecule has 7 heteroatoms. The van der Waals surface area contributed by atoms with Crippen molar-refractivity contribution in [1.29, 1.82) is 0 Å². The first kappa shape index (κ1) is 18.5. The van der Waals surface area contributed by atoms with Gasteiger partial charge in [-0.1, -0.05) is 17.7 Å². The van der Waals surface area contributed by atoms with Crippen LogP contribution < -0.4 is 0 Å². The third kappa shape index (κ3) is 4.75. The van der Waals surface area contributed by atoms with Crippen molar-refractivity contribution < 1.29 is 30.3 Å². The monoisotopic (exact) mass is 313 g/mol. The van der Waals surface area contributed by atoms with Crippen LogP contribution in [-0.4, -0.2) is 81.0 Å². The molecule has 7 nitrogen and oxygen atoms in total.